The van der Waals surface area contributed by atoms with E-state index in [9.17, 15) is 18.4 Å². The predicted octanol–water partition coefficient (Wildman–Crippen LogP) is 11.2. The standard InChI is InChI=1S/C25H24FN3O2.C23H21ClFN3O2.C8H15BO2/c1-3-18-16-23(27-24(17-18)25(30)29-14-12-28(2)13-15-29)19-4-8-21(9-5-19)31-22-10-6-20(26)7-11-22;1-27-10-12-28(13-11-27)23(29)22-15-17(24)14-21(26-22)16-2-6-19(7-3-16)30-20-8-4-18(25)5-9-20;1-6-9-10-7(2,3)8(4,5)11-9/h3-11,16-17H,1,12-15H2,2H3;2-9,14-15H,10-13H2,1H3;6H,1H2,2-5H3. The van der Waals surface area contributed by atoms with Gasteiger partial charge in [0.05, 0.1) is 22.6 Å². The summed E-state index contributed by atoms with van der Waals surface area (Å²) in [6.45, 7) is 21.7. The Bertz CT molecular complexity index is 2800. The van der Waals surface area contributed by atoms with Gasteiger partial charge in [-0.15, -0.1) is 6.58 Å². The van der Waals surface area contributed by atoms with Crippen molar-refractivity contribution < 1.29 is 37.2 Å². The number of halogens is 3. The summed E-state index contributed by atoms with van der Waals surface area (Å²) in [5, 5.41) is 0.462. The minimum Gasteiger partial charge on any atom is -0.457 e. The largest absolute Gasteiger partial charge is 0.486 e. The zero-order valence-corrected chi connectivity index (χ0v) is 42.4. The number of hydrogen-bond donors (Lipinski definition) is 0. The minimum absolute atomic E-state index is 0.0608. The molecule has 0 spiro atoms. The number of carbonyl (C=O) groups is 2. The third-order valence-corrected chi connectivity index (χ3v) is 13.0. The monoisotopic (exact) mass is 996 g/mol. The summed E-state index contributed by atoms with van der Waals surface area (Å²) in [4.78, 5) is 43.1. The van der Waals surface area contributed by atoms with E-state index in [0.29, 0.717) is 77.0 Å². The lowest BCUT2D eigenvalue weighted by atomic mass is 9.90. The number of hydrogen-bond acceptors (Lipinski definition) is 10. The van der Waals surface area contributed by atoms with Gasteiger partial charge in [-0.1, -0.05) is 30.2 Å². The number of ether oxygens (including phenoxy) is 2. The number of rotatable bonds is 10. The molecular weight excluding hydrogens is 937 g/mol. The van der Waals surface area contributed by atoms with Gasteiger partial charge in [-0.2, -0.15) is 0 Å². The predicted molar refractivity (Wildman–Crippen MR) is 280 cm³/mol. The van der Waals surface area contributed by atoms with Crippen molar-refractivity contribution in [1.82, 2.24) is 29.6 Å². The molecule has 6 aromatic rings. The van der Waals surface area contributed by atoms with Gasteiger partial charge in [0, 0.05) is 68.5 Å². The quantitative estimate of drug-likeness (QED) is 0.123. The van der Waals surface area contributed by atoms with Gasteiger partial charge in [-0.3, -0.25) is 9.59 Å². The van der Waals surface area contributed by atoms with Crippen molar-refractivity contribution in [2.75, 3.05) is 66.5 Å². The molecule has 0 N–H and O–H groups in total. The van der Waals surface area contributed by atoms with E-state index in [1.807, 2.05) is 87.0 Å². The maximum atomic E-state index is 13.1. The fraction of sp³-hybridized carbons (Fsp3) is 0.286. The SMILES string of the molecule is C=CB1OC(C)(C)C(C)(C)O1.C=Cc1cc(C(=O)N2CCN(C)CC2)nc(-c2ccc(Oc3ccc(F)cc3)cc2)c1.CN1CCN(C(=O)c2cc(Cl)cc(-c3ccc(Oc4ccc(F)cc4)cc3)n2)CC1. The molecule has 72 heavy (non-hydrogen) atoms. The zero-order chi connectivity index (χ0) is 51.6. The molecule has 0 saturated carbocycles. The molecule has 0 unspecified atom stereocenters. The normalized spacial score (nSPS) is 16.4. The molecule has 3 aliphatic rings. The molecule has 374 valence electrons. The van der Waals surface area contributed by atoms with Crippen LogP contribution in [0.5, 0.6) is 23.0 Å². The van der Waals surface area contributed by atoms with E-state index in [1.54, 1.807) is 66.6 Å². The van der Waals surface area contributed by atoms with Gasteiger partial charge in [-0.25, -0.2) is 18.7 Å². The summed E-state index contributed by atoms with van der Waals surface area (Å²) < 4.78 is 48.7. The van der Waals surface area contributed by atoms with Gasteiger partial charge in [0.25, 0.3) is 11.8 Å². The molecule has 0 atom stereocenters. The Kier molecular flexibility index (Phi) is 17.4. The lowest BCUT2D eigenvalue weighted by Crippen LogP contribution is -2.47. The van der Waals surface area contributed by atoms with Crippen molar-refractivity contribution in [2.24, 2.45) is 0 Å². The summed E-state index contributed by atoms with van der Waals surface area (Å²) in [6.07, 6.45) is 1.72. The summed E-state index contributed by atoms with van der Waals surface area (Å²) in [5.74, 6) is 3.23. The molecule has 3 aliphatic heterocycles. The molecular formula is C56H60BClF2N6O6. The van der Waals surface area contributed by atoms with Gasteiger partial charge in [0.15, 0.2) is 0 Å². The van der Waals surface area contributed by atoms with Gasteiger partial charge < -0.3 is 38.4 Å². The molecule has 3 fully saturated rings. The van der Waals surface area contributed by atoms with Crippen LogP contribution in [0.1, 0.15) is 54.2 Å². The van der Waals surface area contributed by atoms with Crippen LogP contribution in [-0.2, 0) is 9.31 Å². The Hall–Kier alpha value is -6.75. The Balaban J connectivity index is 0.000000175. The van der Waals surface area contributed by atoms with Crippen LogP contribution in [0.4, 0.5) is 8.78 Å². The molecule has 2 amide bonds. The first-order valence-corrected chi connectivity index (χ1v) is 24.1. The van der Waals surface area contributed by atoms with Gasteiger partial charge in [-0.05, 0) is 169 Å². The number of carbonyl (C=O) groups excluding carboxylic acids is 2. The zero-order valence-electron chi connectivity index (χ0n) is 41.6. The van der Waals surface area contributed by atoms with Crippen LogP contribution in [0.15, 0.2) is 140 Å². The molecule has 16 heteroatoms. The smallest absolute Gasteiger partial charge is 0.457 e. The van der Waals surface area contributed by atoms with Crippen molar-refractivity contribution in [3.8, 4) is 45.5 Å². The number of aromatic nitrogens is 2. The molecule has 0 bridgehead atoms. The number of likely N-dealkylation sites (N-methyl/N-ethyl adjacent to an activating group) is 2. The molecule has 5 heterocycles. The minimum atomic E-state index is -0.313. The highest BCUT2D eigenvalue weighted by Gasteiger charge is 2.49. The highest BCUT2D eigenvalue weighted by molar-refractivity contribution is 6.51. The summed E-state index contributed by atoms with van der Waals surface area (Å²) >= 11 is 6.28. The summed E-state index contributed by atoms with van der Waals surface area (Å²) in [6, 6.07) is 33.4. The third kappa shape index (κ3) is 14.0. The van der Waals surface area contributed by atoms with Crippen LogP contribution in [0.3, 0.4) is 0 Å². The van der Waals surface area contributed by atoms with E-state index in [2.05, 4.69) is 40.0 Å². The number of nitrogens with zero attached hydrogens (tertiary/aromatic N) is 6. The van der Waals surface area contributed by atoms with Gasteiger partial charge in [0.2, 0.25) is 0 Å². The van der Waals surface area contributed by atoms with Crippen LogP contribution in [0.25, 0.3) is 28.6 Å². The molecule has 9 rings (SSSR count). The fourth-order valence-corrected chi connectivity index (χ4v) is 7.88. The van der Waals surface area contributed by atoms with E-state index in [4.69, 9.17) is 30.4 Å². The van der Waals surface area contributed by atoms with E-state index >= 15 is 0 Å². The average Bonchev–Trinajstić information content (AvgIpc) is 3.60. The van der Waals surface area contributed by atoms with Crippen LogP contribution in [0, 0.1) is 11.6 Å². The van der Waals surface area contributed by atoms with Crippen molar-refractivity contribution in [1.29, 1.82) is 0 Å². The number of amides is 2. The highest BCUT2D eigenvalue weighted by atomic mass is 35.5. The average molecular weight is 997 g/mol. The molecule has 0 aliphatic carbocycles. The van der Waals surface area contributed by atoms with Crippen LogP contribution in [-0.4, -0.2) is 126 Å². The Morgan fingerprint density at radius 2 is 0.944 bits per heavy atom. The summed E-state index contributed by atoms with van der Waals surface area (Å²) in [5.41, 5.74) is 4.14. The van der Waals surface area contributed by atoms with Crippen molar-refractivity contribution in [3.05, 3.63) is 174 Å². The number of benzene rings is 4. The van der Waals surface area contributed by atoms with Gasteiger partial charge >= 0.3 is 7.12 Å². The maximum Gasteiger partial charge on any atom is 0.486 e. The lowest BCUT2D eigenvalue weighted by Gasteiger charge is -2.32. The van der Waals surface area contributed by atoms with Crippen molar-refractivity contribution in [3.63, 3.8) is 0 Å². The van der Waals surface area contributed by atoms with E-state index in [0.717, 1.165) is 42.9 Å². The lowest BCUT2D eigenvalue weighted by molar-refractivity contribution is 0.00578. The molecule has 12 nitrogen and oxygen atoms in total. The molecule has 2 aromatic heterocycles. The fourth-order valence-electron chi connectivity index (χ4n) is 7.67. The molecule has 0 radical (unpaired) electrons. The summed E-state index contributed by atoms with van der Waals surface area (Å²) in [7, 11) is 3.85. The third-order valence-electron chi connectivity index (χ3n) is 12.8. The van der Waals surface area contributed by atoms with Crippen molar-refractivity contribution >= 4 is 36.6 Å². The van der Waals surface area contributed by atoms with Gasteiger partial charge in [0.1, 0.15) is 46.0 Å². The van der Waals surface area contributed by atoms with Crippen LogP contribution >= 0.6 is 11.6 Å². The Morgan fingerprint density at radius 3 is 1.31 bits per heavy atom. The van der Waals surface area contributed by atoms with E-state index in [-0.39, 0.29) is 41.8 Å². The number of pyridine rings is 2. The van der Waals surface area contributed by atoms with Crippen LogP contribution in [0.2, 0.25) is 5.02 Å². The first-order valence-electron chi connectivity index (χ1n) is 23.7. The van der Waals surface area contributed by atoms with E-state index in [1.165, 1.54) is 24.3 Å². The molecule has 3 saturated heterocycles. The van der Waals surface area contributed by atoms with Crippen LogP contribution < -0.4 is 9.47 Å². The second-order valence-electron chi connectivity index (χ2n) is 18.6. The first kappa shape index (κ1) is 53.1. The Morgan fingerprint density at radius 1 is 0.583 bits per heavy atom. The molecule has 4 aromatic carbocycles. The second-order valence-corrected chi connectivity index (χ2v) is 19.1. The second kappa shape index (κ2) is 23.7. The highest BCUT2D eigenvalue weighted by Crippen LogP contribution is 2.37. The van der Waals surface area contributed by atoms with Crippen molar-refractivity contribution in [2.45, 2.75) is 38.9 Å². The topological polar surface area (TPSA) is 110 Å². The maximum absolute atomic E-state index is 13.1. The number of piperazine rings is 2. The Labute approximate surface area is 426 Å². The first-order chi connectivity index (χ1) is 34.4. The van der Waals surface area contributed by atoms with E-state index < -0.39 is 0 Å².